The standard InChI is InChI=1S/C16H17N3O2/c1-11-12(2)18-19-16(21)14(11)15(20)17-10-6-9-13-7-4-3-5-8-13/h3-9H,10H2,1-2H3,(H,17,20)(H,19,21). The van der Waals surface area contributed by atoms with Crippen LogP contribution in [0.1, 0.15) is 27.2 Å². The minimum atomic E-state index is -0.470. The van der Waals surface area contributed by atoms with Crippen LogP contribution in [0.15, 0.2) is 41.2 Å². The fourth-order valence-corrected chi connectivity index (χ4v) is 1.90. The molecule has 1 heterocycles. The van der Waals surface area contributed by atoms with Gasteiger partial charge in [0, 0.05) is 6.54 Å². The topological polar surface area (TPSA) is 74.8 Å². The molecule has 2 aromatic rings. The maximum absolute atomic E-state index is 12.1. The molecule has 21 heavy (non-hydrogen) atoms. The number of amides is 1. The van der Waals surface area contributed by atoms with Crippen LogP contribution in [0.5, 0.6) is 0 Å². The Labute approximate surface area is 122 Å². The van der Waals surface area contributed by atoms with E-state index in [0.717, 1.165) is 5.56 Å². The second kappa shape index (κ2) is 6.65. The van der Waals surface area contributed by atoms with Gasteiger partial charge in [-0.2, -0.15) is 5.10 Å². The third-order valence-corrected chi connectivity index (χ3v) is 3.19. The normalized spacial score (nSPS) is 10.8. The SMILES string of the molecule is Cc1n[nH]c(=O)c(C(=O)NCC=Cc2ccccc2)c1C. The lowest BCUT2D eigenvalue weighted by atomic mass is 10.1. The van der Waals surface area contributed by atoms with E-state index in [4.69, 9.17) is 0 Å². The smallest absolute Gasteiger partial charge is 0.277 e. The number of nitrogens with one attached hydrogen (secondary N) is 2. The van der Waals surface area contributed by atoms with Gasteiger partial charge in [0.05, 0.1) is 5.69 Å². The molecule has 2 rings (SSSR count). The second-order valence-corrected chi connectivity index (χ2v) is 4.66. The zero-order valence-electron chi connectivity index (χ0n) is 12.0. The van der Waals surface area contributed by atoms with Gasteiger partial charge in [-0.15, -0.1) is 0 Å². The van der Waals surface area contributed by atoms with Gasteiger partial charge in [0.1, 0.15) is 5.56 Å². The summed E-state index contributed by atoms with van der Waals surface area (Å²) in [6, 6.07) is 9.78. The molecular weight excluding hydrogens is 266 g/mol. The number of benzene rings is 1. The van der Waals surface area contributed by atoms with Gasteiger partial charge in [-0.05, 0) is 25.0 Å². The van der Waals surface area contributed by atoms with Gasteiger partial charge in [0.15, 0.2) is 0 Å². The molecule has 1 aromatic carbocycles. The Morgan fingerprint density at radius 2 is 2.00 bits per heavy atom. The van der Waals surface area contributed by atoms with E-state index in [9.17, 15) is 9.59 Å². The second-order valence-electron chi connectivity index (χ2n) is 4.66. The van der Waals surface area contributed by atoms with Gasteiger partial charge in [-0.25, -0.2) is 5.10 Å². The summed E-state index contributed by atoms with van der Waals surface area (Å²) in [5.41, 5.74) is 1.95. The molecule has 0 spiro atoms. The first-order chi connectivity index (χ1) is 10.1. The van der Waals surface area contributed by atoms with Crippen molar-refractivity contribution in [2.45, 2.75) is 13.8 Å². The van der Waals surface area contributed by atoms with Crippen molar-refractivity contribution in [3.05, 3.63) is 69.1 Å². The van der Waals surface area contributed by atoms with Crippen molar-refractivity contribution >= 4 is 12.0 Å². The molecule has 2 N–H and O–H groups in total. The molecule has 5 heteroatoms. The quantitative estimate of drug-likeness (QED) is 0.899. The molecule has 0 bridgehead atoms. The van der Waals surface area contributed by atoms with Crippen LogP contribution in [-0.2, 0) is 0 Å². The highest BCUT2D eigenvalue weighted by Gasteiger charge is 2.14. The fourth-order valence-electron chi connectivity index (χ4n) is 1.90. The van der Waals surface area contributed by atoms with Crippen LogP contribution >= 0.6 is 0 Å². The number of aromatic nitrogens is 2. The average molecular weight is 283 g/mol. The lowest BCUT2D eigenvalue weighted by Crippen LogP contribution is -2.31. The Kier molecular flexibility index (Phi) is 4.66. The van der Waals surface area contributed by atoms with Gasteiger partial charge >= 0.3 is 0 Å². The minimum Gasteiger partial charge on any atom is -0.348 e. The summed E-state index contributed by atoms with van der Waals surface area (Å²) in [6.07, 6.45) is 3.75. The third kappa shape index (κ3) is 3.66. The predicted molar refractivity (Wildman–Crippen MR) is 82.1 cm³/mol. The van der Waals surface area contributed by atoms with Crippen LogP contribution in [-0.4, -0.2) is 22.6 Å². The molecule has 0 aliphatic carbocycles. The molecule has 108 valence electrons. The van der Waals surface area contributed by atoms with Crippen LogP contribution in [0.25, 0.3) is 6.08 Å². The number of rotatable bonds is 4. The van der Waals surface area contributed by atoms with E-state index < -0.39 is 11.5 Å². The predicted octanol–water partition coefficient (Wildman–Crippen LogP) is 1.83. The number of carbonyl (C=O) groups is 1. The van der Waals surface area contributed by atoms with Crippen molar-refractivity contribution in [2.24, 2.45) is 0 Å². The maximum atomic E-state index is 12.1. The highest BCUT2D eigenvalue weighted by molar-refractivity contribution is 5.95. The molecule has 0 saturated carbocycles. The van der Waals surface area contributed by atoms with Crippen LogP contribution < -0.4 is 10.9 Å². The largest absolute Gasteiger partial charge is 0.348 e. The minimum absolute atomic E-state index is 0.121. The molecule has 0 fully saturated rings. The Morgan fingerprint density at radius 1 is 1.29 bits per heavy atom. The molecule has 0 unspecified atom stereocenters. The van der Waals surface area contributed by atoms with Crippen molar-refractivity contribution in [2.75, 3.05) is 6.54 Å². The number of hydrogen-bond donors (Lipinski definition) is 2. The van der Waals surface area contributed by atoms with E-state index in [1.54, 1.807) is 13.8 Å². The number of hydrogen-bond acceptors (Lipinski definition) is 3. The zero-order valence-corrected chi connectivity index (χ0v) is 12.0. The molecule has 1 amide bonds. The molecule has 0 saturated heterocycles. The van der Waals surface area contributed by atoms with Gasteiger partial charge in [0.25, 0.3) is 11.5 Å². The number of H-pyrrole nitrogens is 1. The molecule has 0 atom stereocenters. The summed E-state index contributed by atoms with van der Waals surface area (Å²) < 4.78 is 0. The zero-order chi connectivity index (χ0) is 15.2. The van der Waals surface area contributed by atoms with Gasteiger partial charge in [-0.1, -0.05) is 42.5 Å². The van der Waals surface area contributed by atoms with E-state index >= 15 is 0 Å². The summed E-state index contributed by atoms with van der Waals surface area (Å²) in [5.74, 6) is -0.392. The average Bonchev–Trinajstić information content (AvgIpc) is 2.49. The van der Waals surface area contributed by atoms with Crippen molar-refractivity contribution in [1.82, 2.24) is 15.5 Å². The highest BCUT2D eigenvalue weighted by atomic mass is 16.2. The molecule has 5 nitrogen and oxygen atoms in total. The highest BCUT2D eigenvalue weighted by Crippen LogP contribution is 2.04. The summed E-state index contributed by atoms with van der Waals surface area (Å²) in [5, 5.41) is 8.85. The molecule has 0 aliphatic heterocycles. The van der Waals surface area contributed by atoms with Crippen LogP contribution in [0.3, 0.4) is 0 Å². The lowest BCUT2D eigenvalue weighted by molar-refractivity contribution is 0.0955. The van der Waals surface area contributed by atoms with Gasteiger partial charge < -0.3 is 5.32 Å². The fraction of sp³-hybridized carbons (Fsp3) is 0.188. The molecule has 1 aromatic heterocycles. The first-order valence-corrected chi connectivity index (χ1v) is 6.65. The van der Waals surface area contributed by atoms with E-state index in [1.165, 1.54) is 0 Å². The first-order valence-electron chi connectivity index (χ1n) is 6.65. The molecular formula is C16H17N3O2. The third-order valence-electron chi connectivity index (χ3n) is 3.19. The summed E-state index contributed by atoms with van der Waals surface area (Å²) >= 11 is 0. The van der Waals surface area contributed by atoms with E-state index in [2.05, 4.69) is 15.5 Å². The maximum Gasteiger partial charge on any atom is 0.277 e. The number of aromatic amines is 1. The van der Waals surface area contributed by atoms with E-state index in [0.29, 0.717) is 17.8 Å². The lowest BCUT2D eigenvalue weighted by Gasteiger charge is -2.06. The number of aryl methyl sites for hydroxylation is 1. The van der Waals surface area contributed by atoms with Crippen molar-refractivity contribution < 1.29 is 4.79 Å². The van der Waals surface area contributed by atoms with Crippen LogP contribution in [0, 0.1) is 13.8 Å². The van der Waals surface area contributed by atoms with E-state index in [1.807, 2.05) is 42.5 Å². The van der Waals surface area contributed by atoms with Gasteiger partial charge in [-0.3, -0.25) is 9.59 Å². The van der Waals surface area contributed by atoms with Gasteiger partial charge in [0.2, 0.25) is 0 Å². The number of carbonyl (C=O) groups excluding carboxylic acids is 1. The van der Waals surface area contributed by atoms with Crippen molar-refractivity contribution in [3.63, 3.8) is 0 Å². The summed E-state index contributed by atoms with van der Waals surface area (Å²) in [7, 11) is 0. The van der Waals surface area contributed by atoms with E-state index in [-0.39, 0.29) is 5.56 Å². The molecule has 0 radical (unpaired) electrons. The summed E-state index contributed by atoms with van der Waals surface area (Å²) in [6.45, 7) is 3.82. The van der Waals surface area contributed by atoms with Crippen molar-refractivity contribution in [3.8, 4) is 0 Å². The van der Waals surface area contributed by atoms with Crippen molar-refractivity contribution in [1.29, 1.82) is 0 Å². The first kappa shape index (κ1) is 14.7. The Morgan fingerprint density at radius 3 is 2.71 bits per heavy atom. The molecule has 0 aliphatic rings. The Bertz CT molecular complexity index is 718. The summed E-state index contributed by atoms with van der Waals surface area (Å²) in [4.78, 5) is 23.7. The van der Waals surface area contributed by atoms with Crippen LogP contribution in [0.4, 0.5) is 0 Å². The monoisotopic (exact) mass is 283 g/mol. The Hall–Kier alpha value is -2.69. The van der Waals surface area contributed by atoms with Crippen LogP contribution in [0.2, 0.25) is 0 Å². The Balaban J connectivity index is 2.02. The number of nitrogens with zero attached hydrogens (tertiary/aromatic N) is 1.